The number of phenolic OH excluding ortho intramolecular Hbond substituents is 2. The van der Waals surface area contributed by atoms with E-state index in [9.17, 15) is 30.3 Å². The van der Waals surface area contributed by atoms with E-state index in [1.54, 1.807) is 19.1 Å². The topological polar surface area (TPSA) is 150 Å². The summed E-state index contributed by atoms with van der Waals surface area (Å²) in [6, 6.07) is 7.18. The van der Waals surface area contributed by atoms with Crippen LogP contribution in [0.3, 0.4) is 0 Å². The second-order valence-electron chi connectivity index (χ2n) is 7.89. The fraction of sp³-hybridized carbons (Fsp3) is 0.318. The third-order valence-electron chi connectivity index (χ3n) is 5.74. The lowest BCUT2D eigenvalue weighted by atomic mass is 9.92. The van der Waals surface area contributed by atoms with Gasteiger partial charge in [0.05, 0.1) is 12.2 Å². The number of hydrogen-bond acceptors (Lipinski definition) is 9. The number of hydrogen-bond donors (Lipinski definition) is 5. The summed E-state index contributed by atoms with van der Waals surface area (Å²) in [7, 11) is 0. The summed E-state index contributed by atoms with van der Waals surface area (Å²) in [6.45, 7) is 1.24. The highest BCUT2D eigenvalue weighted by atomic mass is 16.6. The molecule has 1 aromatic heterocycles. The first-order valence-electron chi connectivity index (χ1n) is 9.72. The zero-order valence-corrected chi connectivity index (χ0v) is 16.3. The highest BCUT2D eigenvalue weighted by Crippen LogP contribution is 2.49. The Bertz CT molecular complexity index is 1230. The number of benzene rings is 2. The van der Waals surface area contributed by atoms with Crippen molar-refractivity contribution >= 4 is 11.0 Å². The second kappa shape index (κ2) is 6.96. The molecule has 5 N–H and O–H groups in total. The van der Waals surface area contributed by atoms with E-state index >= 15 is 0 Å². The number of aliphatic hydroxyl groups excluding tert-OH is 3. The van der Waals surface area contributed by atoms with Crippen molar-refractivity contribution in [2.24, 2.45) is 0 Å². The minimum absolute atomic E-state index is 0.000734. The molecular formula is C22H20O9. The van der Waals surface area contributed by atoms with Gasteiger partial charge in [-0.05, 0) is 30.7 Å². The Balaban J connectivity index is 1.74. The van der Waals surface area contributed by atoms with Crippen molar-refractivity contribution in [2.45, 2.75) is 37.4 Å². The van der Waals surface area contributed by atoms with Gasteiger partial charge >= 0.3 is 0 Å². The molecule has 3 heterocycles. The van der Waals surface area contributed by atoms with Crippen molar-refractivity contribution in [2.75, 3.05) is 6.61 Å². The smallest absolute Gasteiger partial charge is 0.197 e. The molecular weight excluding hydrogens is 408 g/mol. The molecule has 3 aromatic rings. The zero-order chi connectivity index (χ0) is 22.0. The third-order valence-corrected chi connectivity index (χ3v) is 5.74. The summed E-state index contributed by atoms with van der Waals surface area (Å²) in [6.07, 6.45) is -5.78. The molecule has 9 nitrogen and oxygen atoms in total. The Labute approximate surface area is 175 Å². The van der Waals surface area contributed by atoms with Crippen LogP contribution in [0, 0.1) is 6.92 Å². The molecule has 0 aliphatic carbocycles. The number of ether oxygens (including phenoxy) is 2. The minimum Gasteiger partial charge on any atom is -0.508 e. The molecule has 5 rings (SSSR count). The first kappa shape index (κ1) is 19.8. The molecule has 31 heavy (non-hydrogen) atoms. The van der Waals surface area contributed by atoms with Crippen LogP contribution in [0.5, 0.6) is 17.2 Å². The molecule has 0 amide bonds. The molecule has 2 aromatic carbocycles. The lowest BCUT2D eigenvalue weighted by Crippen LogP contribution is -2.55. The van der Waals surface area contributed by atoms with E-state index in [0.29, 0.717) is 5.56 Å². The highest BCUT2D eigenvalue weighted by Gasteiger charge is 2.52. The molecule has 2 aliphatic heterocycles. The zero-order valence-electron chi connectivity index (χ0n) is 16.3. The standard InChI is InChI=1S/C22H20O9/c1-8-2-9(4-10(24)3-8)13-5-11(25)16-12(26)6-14-17(20(16)29-13)21-22(30-14)19(28)18(27)15(7-23)31-21/h2-6,15,18-19,21-24,26-28H,7H2,1H3/t15-,18-,19+,21+,22+/m1/s1. The van der Waals surface area contributed by atoms with Gasteiger partial charge in [0.25, 0.3) is 0 Å². The average molecular weight is 428 g/mol. The van der Waals surface area contributed by atoms with Crippen molar-refractivity contribution in [3.8, 4) is 28.6 Å². The first-order valence-corrected chi connectivity index (χ1v) is 9.72. The van der Waals surface area contributed by atoms with Gasteiger partial charge in [0.15, 0.2) is 17.1 Å². The van der Waals surface area contributed by atoms with E-state index in [0.717, 1.165) is 5.56 Å². The van der Waals surface area contributed by atoms with E-state index < -0.39 is 42.6 Å². The van der Waals surface area contributed by atoms with Crippen LogP contribution in [-0.4, -0.2) is 56.6 Å². The third kappa shape index (κ3) is 2.97. The summed E-state index contributed by atoms with van der Waals surface area (Å²) in [4.78, 5) is 12.9. The second-order valence-corrected chi connectivity index (χ2v) is 7.89. The molecule has 1 saturated heterocycles. The Morgan fingerprint density at radius 2 is 1.81 bits per heavy atom. The molecule has 0 spiro atoms. The fourth-order valence-corrected chi connectivity index (χ4v) is 4.33. The first-order chi connectivity index (χ1) is 14.8. The van der Waals surface area contributed by atoms with E-state index in [4.69, 9.17) is 13.9 Å². The summed E-state index contributed by atoms with van der Waals surface area (Å²) >= 11 is 0. The van der Waals surface area contributed by atoms with Crippen LogP contribution in [0.2, 0.25) is 0 Å². The van der Waals surface area contributed by atoms with Crippen LogP contribution in [0.4, 0.5) is 0 Å². The van der Waals surface area contributed by atoms with Gasteiger partial charge in [-0.2, -0.15) is 0 Å². The van der Waals surface area contributed by atoms with Gasteiger partial charge in [-0.15, -0.1) is 0 Å². The number of phenols is 2. The lowest BCUT2D eigenvalue weighted by molar-refractivity contribution is -0.215. The average Bonchev–Trinajstić information content (AvgIpc) is 3.08. The molecule has 162 valence electrons. The van der Waals surface area contributed by atoms with Crippen molar-refractivity contribution in [3.05, 3.63) is 51.7 Å². The Morgan fingerprint density at radius 3 is 2.52 bits per heavy atom. The number of fused-ring (bicyclic) bond motifs is 5. The molecule has 2 aliphatic rings. The molecule has 0 bridgehead atoms. The van der Waals surface area contributed by atoms with Crippen molar-refractivity contribution < 1.29 is 39.4 Å². The maximum Gasteiger partial charge on any atom is 0.197 e. The van der Waals surface area contributed by atoms with Crippen LogP contribution in [0.15, 0.2) is 39.5 Å². The minimum atomic E-state index is -1.38. The maximum atomic E-state index is 12.9. The number of aliphatic hydroxyl groups is 3. The molecule has 0 saturated carbocycles. The Morgan fingerprint density at radius 1 is 1.03 bits per heavy atom. The predicted octanol–water partition coefficient (Wildman–Crippen LogP) is 1.09. The van der Waals surface area contributed by atoms with E-state index in [1.807, 2.05) is 0 Å². The van der Waals surface area contributed by atoms with Gasteiger partial charge in [0.1, 0.15) is 52.8 Å². The predicted molar refractivity (Wildman–Crippen MR) is 107 cm³/mol. The van der Waals surface area contributed by atoms with Crippen molar-refractivity contribution in [1.82, 2.24) is 0 Å². The fourth-order valence-electron chi connectivity index (χ4n) is 4.33. The van der Waals surface area contributed by atoms with Crippen LogP contribution < -0.4 is 10.2 Å². The molecule has 5 atom stereocenters. The highest BCUT2D eigenvalue weighted by molar-refractivity contribution is 5.90. The van der Waals surface area contributed by atoms with E-state index in [1.165, 1.54) is 18.2 Å². The van der Waals surface area contributed by atoms with Gasteiger partial charge in [-0.1, -0.05) is 0 Å². The Hall–Kier alpha value is -3.11. The van der Waals surface area contributed by atoms with Crippen LogP contribution >= 0.6 is 0 Å². The van der Waals surface area contributed by atoms with Crippen LogP contribution in [-0.2, 0) is 4.74 Å². The lowest BCUT2D eigenvalue weighted by Gasteiger charge is -2.38. The Kier molecular flexibility index (Phi) is 4.45. The van der Waals surface area contributed by atoms with Gasteiger partial charge in [0.2, 0.25) is 0 Å². The normalized spacial score (nSPS) is 27.0. The number of aromatic hydroxyl groups is 2. The van der Waals surface area contributed by atoms with Gasteiger partial charge < -0.3 is 39.4 Å². The van der Waals surface area contributed by atoms with Gasteiger partial charge in [-0.3, -0.25) is 4.79 Å². The number of rotatable bonds is 2. The SMILES string of the molecule is Cc1cc(O)cc(-c2cc(=O)c3c(O)cc4c(c3o2)[C@@H]2O[C@H](CO)[C@@H](O)[C@H](O)[C@@H]2O4)c1. The number of aryl methyl sites for hydroxylation is 1. The van der Waals surface area contributed by atoms with Crippen LogP contribution in [0.25, 0.3) is 22.3 Å². The molecule has 0 unspecified atom stereocenters. The molecule has 9 heteroatoms. The van der Waals surface area contributed by atoms with Crippen molar-refractivity contribution in [3.63, 3.8) is 0 Å². The summed E-state index contributed by atoms with van der Waals surface area (Å²) < 4.78 is 17.5. The summed E-state index contributed by atoms with van der Waals surface area (Å²) in [5.41, 5.74) is 0.985. The molecule has 1 fully saturated rings. The van der Waals surface area contributed by atoms with E-state index in [-0.39, 0.29) is 39.5 Å². The summed E-state index contributed by atoms with van der Waals surface area (Å²) in [5.74, 6) is -0.0746. The van der Waals surface area contributed by atoms with Crippen LogP contribution in [0.1, 0.15) is 17.2 Å². The largest absolute Gasteiger partial charge is 0.508 e. The van der Waals surface area contributed by atoms with Gasteiger partial charge in [-0.25, -0.2) is 0 Å². The van der Waals surface area contributed by atoms with Gasteiger partial charge in [0, 0.05) is 17.7 Å². The van der Waals surface area contributed by atoms with E-state index in [2.05, 4.69) is 0 Å². The quantitative estimate of drug-likeness (QED) is 0.404. The monoisotopic (exact) mass is 428 g/mol. The van der Waals surface area contributed by atoms with Crippen molar-refractivity contribution in [1.29, 1.82) is 0 Å². The maximum absolute atomic E-state index is 12.9. The molecule has 0 radical (unpaired) electrons. The summed E-state index contributed by atoms with van der Waals surface area (Å²) in [5, 5.41) is 50.4.